The first-order valence-electron chi connectivity index (χ1n) is 12.2. The van der Waals surface area contributed by atoms with Crippen LogP contribution >= 0.6 is 0 Å². The number of carbonyl (C=O) groups excluding carboxylic acids is 1. The topological polar surface area (TPSA) is 71.8 Å². The number of amides is 1. The molecule has 184 valence electrons. The normalized spacial score (nSPS) is 20.7. The maximum absolute atomic E-state index is 13.3. The molecule has 1 amide bonds. The Hall–Kier alpha value is -3.38. The van der Waals surface area contributed by atoms with Crippen LogP contribution in [0.4, 0.5) is 4.79 Å². The van der Waals surface area contributed by atoms with Gasteiger partial charge in [-0.2, -0.15) is 0 Å². The minimum Gasteiger partial charge on any atom is -0.438 e. The van der Waals surface area contributed by atoms with Crippen LogP contribution in [-0.2, 0) is 17.4 Å². The first-order chi connectivity index (χ1) is 16.6. The van der Waals surface area contributed by atoms with Crippen LogP contribution in [0.3, 0.4) is 0 Å². The number of rotatable bonds is 7. The van der Waals surface area contributed by atoms with Crippen LogP contribution in [0.5, 0.6) is 0 Å². The van der Waals surface area contributed by atoms with Gasteiger partial charge < -0.3 is 19.3 Å². The predicted octanol–water partition coefficient (Wildman–Crippen LogP) is 5.40. The van der Waals surface area contributed by atoms with Gasteiger partial charge in [0.2, 0.25) is 0 Å². The summed E-state index contributed by atoms with van der Waals surface area (Å²) in [6.45, 7) is 6.25. The van der Waals surface area contributed by atoms with E-state index in [9.17, 15) is 14.7 Å². The summed E-state index contributed by atoms with van der Waals surface area (Å²) in [7, 11) is 1.73. The molecule has 0 aliphatic carbocycles. The van der Waals surface area contributed by atoms with E-state index < -0.39 is 11.2 Å². The lowest BCUT2D eigenvalue weighted by Gasteiger charge is -2.46. The SMILES string of the molecule is CC[C@](C)(O)C[C@]1(c2ccccc2)CCN([C@@H](C)c2ccc(-c3ccn(C)c(=O)c3)cc2)C(=O)O1. The second kappa shape index (κ2) is 9.70. The molecule has 0 saturated carbocycles. The Morgan fingerprint density at radius 1 is 1.06 bits per heavy atom. The van der Waals surface area contributed by atoms with Crippen LogP contribution in [0.25, 0.3) is 11.1 Å². The highest BCUT2D eigenvalue weighted by atomic mass is 16.6. The zero-order valence-corrected chi connectivity index (χ0v) is 20.9. The van der Waals surface area contributed by atoms with Crippen molar-refractivity contribution in [1.82, 2.24) is 9.47 Å². The minimum absolute atomic E-state index is 0.0556. The van der Waals surface area contributed by atoms with E-state index in [1.165, 1.54) is 4.57 Å². The molecule has 0 radical (unpaired) electrons. The molecule has 2 heterocycles. The zero-order chi connectivity index (χ0) is 25.2. The number of carbonyl (C=O) groups is 1. The maximum Gasteiger partial charge on any atom is 0.411 e. The summed E-state index contributed by atoms with van der Waals surface area (Å²) in [6.07, 6.45) is 2.88. The molecule has 3 atom stereocenters. The molecule has 1 aliphatic heterocycles. The quantitative estimate of drug-likeness (QED) is 0.498. The second-order valence-corrected chi connectivity index (χ2v) is 9.86. The average molecular weight is 475 g/mol. The molecule has 2 aromatic carbocycles. The summed E-state index contributed by atoms with van der Waals surface area (Å²) < 4.78 is 7.70. The van der Waals surface area contributed by atoms with Crippen molar-refractivity contribution < 1.29 is 14.6 Å². The molecule has 6 nitrogen and oxygen atoms in total. The Morgan fingerprint density at radius 2 is 1.74 bits per heavy atom. The van der Waals surface area contributed by atoms with Crippen molar-refractivity contribution in [2.24, 2.45) is 7.05 Å². The Bertz CT molecular complexity index is 1230. The molecule has 4 rings (SSSR count). The molecule has 3 aromatic rings. The Balaban J connectivity index is 1.54. The highest BCUT2D eigenvalue weighted by Gasteiger charge is 2.46. The largest absolute Gasteiger partial charge is 0.438 e. The summed E-state index contributed by atoms with van der Waals surface area (Å²) >= 11 is 0. The smallest absolute Gasteiger partial charge is 0.411 e. The van der Waals surface area contributed by atoms with Crippen LogP contribution in [-0.4, -0.2) is 32.8 Å². The van der Waals surface area contributed by atoms with E-state index >= 15 is 0 Å². The fraction of sp³-hybridized carbons (Fsp3) is 0.379. The van der Waals surface area contributed by atoms with Gasteiger partial charge in [-0.3, -0.25) is 4.79 Å². The van der Waals surface area contributed by atoms with Crippen LogP contribution in [0, 0.1) is 0 Å². The number of pyridine rings is 1. The number of benzene rings is 2. The molecule has 1 saturated heterocycles. The first kappa shape index (κ1) is 24.7. The lowest BCUT2D eigenvalue weighted by atomic mass is 9.78. The highest BCUT2D eigenvalue weighted by molar-refractivity contribution is 5.70. The summed E-state index contributed by atoms with van der Waals surface area (Å²) in [5.74, 6) is 0. The number of aromatic nitrogens is 1. The first-order valence-corrected chi connectivity index (χ1v) is 12.2. The van der Waals surface area contributed by atoms with E-state index in [-0.39, 0.29) is 17.7 Å². The molecular formula is C29H34N2O4. The molecule has 0 bridgehead atoms. The fourth-order valence-corrected chi connectivity index (χ4v) is 4.79. The number of hydrogen-bond acceptors (Lipinski definition) is 4. The van der Waals surface area contributed by atoms with Crippen LogP contribution < -0.4 is 5.56 Å². The summed E-state index contributed by atoms with van der Waals surface area (Å²) in [4.78, 5) is 27.0. The molecule has 1 N–H and O–H groups in total. The Kier molecular flexibility index (Phi) is 6.86. The third kappa shape index (κ3) is 5.17. The molecule has 6 heteroatoms. The predicted molar refractivity (Wildman–Crippen MR) is 137 cm³/mol. The third-order valence-electron chi connectivity index (χ3n) is 7.30. The van der Waals surface area contributed by atoms with Gasteiger partial charge in [0.05, 0.1) is 11.6 Å². The minimum atomic E-state index is -0.946. The van der Waals surface area contributed by atoms with Crippen LogP contribution in [0.2, 0.25) is 0 Å². The summed E-state index contributed by atoms with van der Waals surface area (Å²) in [5, 5.41) is 10.9. The molecule has 0 spiro atoms. The maximum atomic E-state index is 13.3. The standard InChI is InChI=1S/C29H34N2O4/c1-5-28(3,34)20-29(25-9-7-6-8-10-25)16-18-31(27(33)35-29)21(2)22-11-13-23(14-12-22)24-15-17-30(4)26(32)19-24/h6-15,17,19,21,34H,5,16,18,20H2,1-4H3/t21-,28-,29-/m0/s1. The molecule has 1 fully saturated rings. The monoisotopic (exact) mass is 474 g/mol. The van der Waals surface area contributed by atoms with E-state index in [0.29, 0.717) is 25.8 Å². The Labute approximate surface area is 206 Å². The molecule has 0 unspecified atom stereocenters. The van der Waals surface area contributed by atoms with E-state index in [1.807, 2.05) is 74.5 Å². The molecular weight excluding hydrogens is 440 g/mol. The highest BCUT2D eigenvalue weighted by Crippen LogP contribution is 2.43. The number of aliphatic hydroxyl groups is 1. The van der Waals surface area contributed by atoms with Crippen molar-refractivity contribution >= 4 is 6.09 Å². The van der Waals surface area contributed by atoms with Crippen molar-refractivity contribution in [3.8, 4) is 11.1 Å². The van der Waals surface area contributed by atoms with Crippen LogP contribution in [0.15, 0.2) is 77.7 Å². The summed E-state index contributed by atoms with van der Waals surface area (Å²) in [6, 6.07) is 21.0. The number of cyclic esters (lactones) is 1. The molecule has 35 heavy (non-hydrogen) atoms. The van der Waals surface area contributed by atoms with Gasteiger partial charge in [-0.1, -0.05) is 61.5 Å². The molecule has 1 aliphatic rings. The molecule has 1 aromatic heterocycles. The van der Waals surface area contributed by atoms with Crippen LogP contribution in [0.1, 0.15) is 57.2 Å². The third-order valence-corrected chi connectivity index (χ3v) is 7.30. The van der Waals surface area contributed by atoms with E-state index in [2.05, 4.69) is 0 Å². The summed E-state index contributed by atoms with van der Waals surface area (Å²) in [5.41, 5.74) is 1.84. The van der Waals surface area contributed by atoms with Crippen molar-refractivity contribution in [2.45, 2.75) is 57.3 Å². The van der Waals surface area contributed by atoms with Gasteiger partial charge in [-0.05, 0) is 48.6 Å². The van der Waals surface area contributed by atoms with Gasteiger partial charge in [0.25, 0.3) is 5.56 Å². The van der Waals surface area contributed by atoms with Gasteiger partial charge in [0.1, 0.15) is 5.60 Å². The number of hydrogen-bond donors (Lipinski definition) is 1. The van der Waals surface area contributed by atoms with E-state index in [0.717, 1.165) is 22.3 Å². The van der Waals surface area contributed by atoms with E-state index in [4.69, 9.17) is 4.74 Å². The van der Waals surface area contributed by atoms with E-state index in [1.54, 1.807) is 31.1 Å². The number of ether oxygens (including phenoxy) is 1. The lowest BCUT2D eigenvalue weighted by Crippen LogP contribution is -2.51. The van der Waals surface area contributed by atoms with Gasteiger partial charge in [0, 0.05) is 38.7 Å². The van der Waals surface area contributed by atoms with Gasteiger partial charge in [-0.25, -0.2) is 4.79 Å². The van der Waals surface area contributed by atoms with Crippen molar-refractivity contribution in [2.75, 3.05) is 6.54 Å². The van der Waals surface area contributed by atoms with Crippen molar-refractivity contribution in [1.29, 1.82) is 0 Å². The number of aryl methyl sites for hydroxylation is 1. The van der Waals surface area contributed by atoms with Crippen molar-refractivity contribution in [3.05, 3.63) is 94.4 Å². The second-order valence-electron chi connectivity index (χ2n) is 9.86. The van der Waals surface area contributed by atoms with Gasteiger partial charge >= 0.3 is 6.09 Å². The Morgan fingerprint density at radius 3 is 2.34 bits per heavy atom. The van der Waals surface area contributed by atoms with Gasteiger partial charge in [-0.15, -0.1) is 0 Å². The zero-order valence-electron chi connectivity index (χ0n) is 20.9. The fourth-order valence-electron chi connectivity index (χ4n) is 4.79. The van der Waals surface area contributed by atoms with Crippen molar-refractivity contribution in [3.63, 3.8) is 0 Å². The lowest BCUT2D eigenvalue weighted by molar-refractivity contribution is -0.106. The number of nitrogens with zero attached hydrogens (tertiary/aromatic N) is 2. The average Bonchev–Trinajstić information content (AvgIpc) is 2.86. The van der Waals surface area contributed by atoms with Gasteiger partial charge in [0.15, 0.2) is 0 Å².